The van der Waals surface area contributed by atoms with E-state index in [9.17, 15) is 8.42 Å². The van der Waals surface area contributed by atoms with Gasteiger partial charge >= 0.3 is 0 Å². The number of ether oxygens (including phenoxy) is 1. The molecule has 3 N–H and O–H groups in total. The van der Waals surface area contributed by atoms with Gasteiger partial charge in [-0.1, -0.05) is 12.1 Å². The Morgan fingerprint density at radius 2 is 1.81 bits per heavy atom. The topological polar surface area (TPSA) is 81.4 Å². The van der Waals surface area contributed by atoms with Gasteiger partial charge in [0.15, 0.2) is 0 Å². The van der Waals surface area contributed by atoms with Gasteiger partial charge in [-0.05, 0) is 51.7 Å². The van der Waals surface area contributed by atoms with E-state index in [0.717, 1.165) is 25.7 Å². The van der Waals surface area contributed by atoms with Crippen molar-refractivity contribution in [1.29, 1.82) is 0 Å². The molecule has 2 rings (SSSR count). The zero-order chi connectivity index (χ0) is 15.5. The van der Waals surface area contributed by atoms with Crippen molar-refractivity contribution in [2.45, 2.75) is 62.6 Å². The maximum atomic E-state index is 12.3. The van der Waals surface area contributed by atoms with Crippen LogP contribution in [0.15, 0.2) is 29.2 Å². The van der Waals surface area contributed by atoms with Crippen LogP contribution in [0.4, 0.5) is 0 Å². The average molecular weight is 312 g/mol. The summed E-state index contributed by atoms with van der Waals surface area (Å²) in [5.41, 5.74) is 5.88. The van der Waals surface area contributed by atoms with Gasteiger partial charge in [-0.3, -0.25) is 0 Å². The molecule has 6 heteroatoms. The highest BCUT2D eigenvalue weighted by molar-refractivity contribution is 7.89. The first-order valence-electron chi connectivity index (χ1n) is 7.42. The molecule has 1 aliphatic rings. The second kappa shape index (κ2) is 6.77. The summed E-state index contributed by atoms with van der Waals surface area (Å²) >= 11 is 0. The van der Waals surface area contributed by atoms with Crippen LogP contribution in [0.3, 0.4) is 0 Å². The van der Waals surface area contributed by atoms with Crippen molar-refractivity contribution in [3.05, 3.63) is 24.3 Å². The fourth-order valence-electron chi connectivity index (χ4n) is 2.53. The van der Waals surface area contributed by atoms with Crippen LogP contribution in [0.5, 0.6) is 5.75 Å². The third-order valence-corrected chi connectivity index (χ3v) is 5.24. The van der Waals surface area contributed by atoms with Crippen molar-refractivity contribution in [3.63, 3.8) is 0 Å². The fraction of sp³-hybridized carbons (Fsp3) is 0.600. The standard InChI is InChI=1S/C15H24N2O3S/c1-11(2)17-21(18,19)15-6-4-3-5-14(15)20-13-9-7-12(16)8-10-13/h3-6,11-13,17H,7-10,16H2,1-2H3. The molecular formula is C15H24N2O3S. The van der Waals surface area contributed by atoms with Crippen LogP contribution < -0.4 is 15.2 Å². The number of nitrogens with two attached hydrogens (primary N) is 1. The van der Waals surface area contributed by atoms with E-state index in [1.807, 2.05) is 0 Å². The van der Waals surface area contributed by atoms with Crippen LogP contribution in [0.1, 0.15) is 39.5 Å². The van der Waals surface area contributed by atoms with Crippen molar-refractivity contribution in [2.24, 2.45) is 5.73 Å². The molecule has 1 fully saturated rings. The van der Waals surface area contributed by atoms with E-state index in [1.165, 1.54) is 0 Å². The van der Waals surface area contributed by atoms with Gasteiger partial charge in [-0.15, -0.1) is 0 Å². The van der Waals surface area contributed by atoms with Gasteiger partial charge in [-0.2, -0.15) is 0 Å². The Morgan fingerprint density at radius 3 is 2.43 bits per heavy atom. The summed E-state index contributed by atoms with van der Waals surface area (Å²) in [6.07, 6.45) is 3.62. The molecule has 1 aliphatic carbocycles. The third-order valence-electron chi connectivity index (χ3n) is 3.54. The lowest BCUT2D eigenvalue weighted by molar-refractivity contribution is 0.143. The highest BCUT2D eigenvalue weighted by Crippen LogP contribution is 2.28. The largest absolute Gasteiger partial charge is 0.489 e. The van der Waals surface area contributed by atoms with Gasteiger partial charge in [-0.25, -0.2) is 13.1 Å². The van der Waals surface area contributed by atoms with E-state index in [2.05, 4.69) is 4.72 Å². The van der Waals surface area contributed by atoms with Crippen LogP contribution in [-0.2, 0) is 10.0 Å². The van der Waals surface area contributed by atoms with Crippen molar-refractivity contribution in [3.8, 4) is 5.75 Å². The Morgan fingerprint density at radius 1 is 1.19 bits per heavy atom. The summed E-state index contributed by atoms with van der Waals surface area (Å²) < 4.78 is 33.2. The summed E-state index contributed by atoms with van der Waals surface area (Å²) in [5, 5.41) is 0. The predicted molar refractivity (Wildman–Crippen MR) is 82.8 cm³/mol. The molecule has 5 nitrogen and oxygen atoms in total. The monoisotopic (exact) mass is 312 g/mol. The SMILES string of the molecule is CC(C)NS(=O)(=O)c1ccccc1OC1CCC(N)CC1. The quantitative estimate of drug-likeness (QED) is 0.871. The van der Waals surface area contributed by atoms with E-state index in [0.29, 0.717) is 5.75 Å². The van der Waals surface area contributed by atoms with Crippen molar-refractivity contribution in [1.82, 2.24) is 4.72 Å². The molecule has 1 aromatic carbocycles. The first-order chi connectivity index (χ1) is 9.88. The summed E-state index contributed by atoms with van der Waals surface area (Å²) in [7, 11) is -3.55. The maximum absolute atomic E-state index is 12.3. The van der Waals surface area contributed by atoms with Gasteiger partial charge in [0.1, 0.15) is 10.6 Å². The van der Waals surface area contributed by atoms with Crippen molar-refractivity contribution < 1.29 is 13.2 Å². The molecule has 0 aromatic heterocycles. The molecule has 0 spiro atoms. The number of hydrogen-bond donors (Lipinski definition) is 2. The predicted octanol–water partition coefficient (Wildman–Crippen LogP) is 2.02. The lowest BCUT2D eigenvalue weighted by Gasteiger charge is -2.27. The number of nitrogens with one attached hydrogen (secondary N) is 1. The Hall–Kier alpha value is -1.11. The van der Waals surface area contributed by atoms with E-state index >= 15 is 0 Å². The normalized spacial score (nSPS) is 23.2. The third kappa shape index (κ3) is 4.43. The number of para-hydroxylation sites is 1. The molecule has 0 heterocycles. The minimum atomic E-state index is -3.55. The maximum Gasteiger partial charge on any atom is 0.244 e. The smallest absolute Gasteiger partial charge is 0.244 e. The average Bonchev–Trinajstić information content (AvgIpc) is 2.40. The van der Waals surface area contributed by atoms with E-state index in [1.54, 1.807) is 38.1 Å². The Kier molecular flexibility index (Phi) is 5.24. The van der Waals surface area contributed by atoms with Crippen LogP contribution in [0, 0.1) is 0 Å². The first kappa shape index (κ1) is 16.3. The zero-order valence-electron chi connectivity index (χ0n) is 12.6. The summed E-state index contributed by atoms with van der Waals surface area (Å²) in [6, 6.07) is 6.87. The van der Waals surface area contributed by atoms with E-state index in [-0.39, 0.29) is 23.1 Å². The van der Waals surface area contributed by atoms with Crippen LogP contribution in [0.2, 0.25) is 0 Å². The number of rotatable bonds is 5. The Bertz CT molecular complexity index is 564. The molecule has 0 bridgehead atoms. The Balaban J connectivity index is 2.17. The molecule has 0 aliphatic heterocycles. The van der Waals surface area contributed by atoms with Crippen LogP contribution >= 0.6 is 0 Å². The summed E-state index contributed by atoms with van der Waals surface area (Å²) in [4.78, 5) is 0.202. The number of sulfonamides is 1. The zero-order valence-corrected chi connectivity index (χ0v) is 13.4. The van der Waals surface area contributed by atoms with E-state index < -0.39 is 10.0 Å². The minimum absolute atomic E-state index is 0.0419. The molecule has 118 valence electrons. The molecule has 0 radical (unpaired) electrons. The highest BCUT2D eigenvalue weighted by atomic mass is 32.2. The molecule has 0 atom stereocenters. The fourth-order valence-corrected chi connectivity index (χ4v) is 3.92. The number of benzene rings is 1. The van der Waals surface area contributed by atoms with Crippen molar-refractivity contribution >= 4 is 10.0 Å². The molecule has 1 aromatic rings. The Labute approximate surface area is 126 Å². The summed E-state index contributed by atoms with van der Waals surface area (Å²) in [6.45, 7) is 3.59. The van der Waals surface area contributed by atoms with Crippen LogP contribution in [-0.4, -0.2) is 26.6 Å². The van der Waals surface area contributed by atoms with Crippen LogP contribution in [0.25, 0.3) is 0 Å². The molecule has 0 saturated heterocycles. The highest BCUT2D eigenvalue weighted by Gasteiger charge is 2.24. The molecule has 21 heavy (non-hydrogen) atoms. The van der Waals surface area contributed by atoms with Gasteiger partial charge in [0.2, 0.25) is 10.0 Å². The minimum Gasteiger partial charge on any atom is -0.489 e. The molecule has 0 amide bonds. The second-order valence-corrected chi connectivity index (χ2v) is 7.56. The van der Waals surface area contributed by atoms with Gasteiger partial charge < -0.3 is 10.5 Å². The number of hydrogen-bond acceptors (Lipinski definition) is 4. The van der Waals surface area contributed by atoms with Gasteiger partial charge in [0, 0.05) is 12.1 Å². The lowest BCUT2D eigenvalue weighted by Crippen LogP contribution is -2.33. The first-order valence-corrected chi connectivity index (χ1v) is 8.90. The lowest BCUT2D eigenvalue weighted by atomic mass is 9.94. The van der Waals surface area contributed by atoms with Gasteiger partial charge in [0.05, 0.1) is 6.10 Å². The second-order valence-electron chi connectivity index (χ2n) is 5.88. The van der Waals surface area contributed by atoms with E-state index in [4.69, 9.17) is 10.5 Å². The summed E-state index contributed by atoms with van der Waals surface area (Å²) in [5.74, 6) is 0.422. The molecular weight excluding hydrogens is 288 g/mol. The van der Waals surface area contributed by atoms with Gasteiger partial charge in [0.25, 0.3) is 0 Å². The van der Waals surface area contributed by atoms with Crippen molar-refractivity contribution in [2.75, 3.05) is 0 Å². The molecule has 1 saturated carbocycles. The molecule has 0 unspecified atom stereocenters.